The molecule has 3 nitrogen and oxygen atoms in total. The Morgan fingerprint density at radius 3 is 2.16 bits per heavy atom. The lowest BCUT2D eigenvalue weighted by Gasteiger charge is -2.27. The topological polar surface area (TPSA) is 32.3 Å². The van der Waals surface area contributed by atoms with Crippen LogP contribution in [0.2, 0.25) is 0 Å². The molecule has 1 fully saturated rings. The molecular weight excluding hydrogens is 308 g/mol. The van der Waals surface area contributed by atoms with Crippen molar-refractivity contribution in [2.45, 2.75) is 32.2 Å². The lowest BCUT2D eigenvalue weighted by Crippen LogP contribution is -2.36. The fraction of sp³-hybridized carbons (Fsp3) is 0.409. The van der Waals surface area contributed by atoms with Gasteiger partial charge in [-0.05, 0) is 49.4 Å². The summed E-state index contributed by atoms with van der Waals surface area (Å²) in [5, 5.41) is 3.38. The average molecular weight is 336 g/mol. The van der Waals surface area contributed by atoms with E-state index in [0.717, 1.165) is 38.9 Å². The molecule has 1 aliphatic rings. The maximum absolute atomic E-state index is 12.9. The molecule has 0 saturated carbocycles. The smallest absolute Gasteiger partial charge is 0.223 e. The third-order valence-corrected chi connectivity index (χ3v) is 5.00. The number of nitrogens with zero attached hydrogens (tertiary/aromatic N) is 1. The molecule has 2 aromatic rings. The van der Waals surface area contributed by atoms with Crippen LogP contribution in [0.3, 0.4) is 0 Å². The van der Waals surface area contributed by atoms with E-state index < -0.39 is 0 Å². The molecule has 1 amide bonds. The minimum atomic E-state index is 0.298. The zero-order valence-electron chi connectivity index (χ0n) is 14.9. The highest BCUT2D eigenvalue weighted by Gasteiger charge is 2.21. The highest BCUT2D eigenvalue weighted by atomic mass is 16.2. The van der Waals surface area contributed by atoms with Crippen molar-refractivity contribution in [2.24, 2.45) is 5.92 Å². The number of carbonyl (C=O) groups is 1. The predicted molar refractivity (Wildman–Crippen MR) is 102 cm³/mol. The second kappa shape index (κ2) is 9.38. The molecule has 1 heterocycles. The van der Waals surface area contributed by atoms with Crippen LogP contribution in [-0.2, 0) is 17.8 Å². The van der Waals surface area contributed by atoms with Crippen LogP contribution in [0.5, 0.6) is 0 Å². The second-order valence-electron chi connectivity index (χ2n) is 6.93. The molecule has 0 aliphatic carbocycles. The fourth-order valence-corrected chi connectivity index (χ4v) is 3.47. The van der Waals surface area contributed by atoms with E-state index in [4.69, 9.17) is 0 Å². The maximum Gasteiger partial charge on any atom is 0.223 e. The standard InChI is InChI=1S/C22H28N2O/c25-22(17-20-11-14-23-15-12-20)24(18-21-9-5-2-6-10-21)16-13-19-7-3-1-4-8-19/h1-10,20,23H,11-18H2. The molecule has 0 unspecified atom stereocenters. The van der Waals surface area contributed by atoms with Crippen molar-refractivity contribution < 1.29 is 4.79 Å². The molecule has 0 spiro atoms. The van der Waals surface area contributed by atoms with Crippen LogP contribution < -0.4 is 5.32 Å². The van der Waals surface area contributed by atoms with Crippen LogP contribution >= 0.6 is 0 Å². The van der Waals surface area contributed by atoms with Gasteiger partial charge in [0.2, 0.25) is 5.91 Å². The first-order valence-corrected chi connectivity index (χ1v) is 9.37. The zero-order valence-corrected chi connectivity index (χ0v) is 14.9. The largest absolute Gasteiger partial charge is 0.338 e. The van der Waals surface area contributed by atoms with E-state index in [1.807, 2.05) is 29.2 Å². The summed E-state index contributed by atoms with van der Waals surface area (Å²) in [6.45, 7) is 3.57. The monoisotopic (exact) mass is 336 g/mol. The van der Waals surface area contributed by atoms with Crippen molar-refractivity contribution in [1.82, 2.24) is 10.2 Å². The molecule has 2 aromatic carbocycles. The van der Waals surface area contributed by atoms with Gasteiger partial charge in [-0.25, -0.2) is 0 Å². The molecule has 25 heavy (non-hydrogen) atoms. The third-order valence-electron chi connectivity index (χ3n) is 5.00. The van der Waals surface area contributed by atoms with Gasteiger partial charge in [-0.1, -0.05) is 60.7 Å². The fourth-order valence-electron chi connectivity index (χ4n) is 3.47. The molecule has 0 aromatic heterocycles. The first-order valence-electron chi connectivity index (χ1n) is 9.37. The number of carbonyl (C=O) groups excluding carboxylic acids is 1. The van der Waals surface area contributed by atoms with E-state index in [2.05, 4.69) is 41.7 Å². The Bertz CT molecular complexity index is 636. The summed E-state index contributed by atoms with van der Waals surface area (Å²) < 4.78 is 0. The average Bonchev–Trinajstić information content (AvgIpc) is 2.67. The Balaban J connectivity index is 1.63. The van der Waals surface area contributed by atoms with E-state index in [0.29, 0.717) is 24.8 Å². The lowest BCUT2D eigenvalue weighted by atomic mass is 9.94. The van der Waals surface area contributed by atoms with Gasteiger partial charge in [-0.2, -0.15) is 0 Å². The summed E-state index contributed by atoms with van der Waals surface area (Å²) in [5.74, 6) is 0.829. The number of hydrogen-bond donors (Lipinski definition) is 1. The molecule has 0 radical (unpaired) electrons. The van der Waals surface area contributed by atoms with Crippen molar-refractivity contribution >= 4 is 5.91 Å². The van der Waals surface area contributed by atoms with E-state index in [1.54, 1.807) is 0 Å². The predicted octanol–water partition coefficient (Wildman–Crippen LogP) is 3.65. The minimum Gasteiger partial charge on any atom is -0.338 e. The summed E-state index contributed by atoms with van der Waals surface area (Å²) >= 11 is 0. The van der Waals surface area contributed by atoms with Crippen LogP contribution in [0.15, 0.2) is 60.7 Å². The number of rotatable bonds is 7. The van der Waals surface area contributed by atoms with Gasteiger partial charge in [0.05, 0.1) is 0 Å². The molecule has 3 rings (SSSR count). The van der Waals surface area contributed by atoms with Gasteiger partial charge in [-0.15, -0.1) is 0 Å². The maximum atomic E-state index is 12.9. The molecule has 1 aliphatic heterocycles. The summed E-state index contributed by atoms with van der Waals surface area (Å²) in [4.78, 5) is 15.0. The molecule has 0 bridgehead atoms. The minimum absolute atomic E-state index is 0.298. The zero-order chi connectivity index (χ0) is 17.3. The summed E-state index contributed by atoms with van der Waals surface area (Å²) in [7, 11) is 0. The van der Waals surface area contributed by atoms with Gasteiger partial charge in [0, 0.05) is 19.5 Å². The molecule has 1 saturated heterocycles. The van der Waals surface area contributed by atoms with E-state index in [9.17, 15) is 4.79 Å². The lowest BCUT2D eigenvalue weighted by molar-refractivity contribution is -0.133. The number of benzene rings is 2. The van der Waals surface area contributed by atoms with Crippen molar-refractivity contribution in [3.05, 3.63) is 71.8 Å². The molecule has 132 valence electrons. The Kier molecular flexibility index (Phi) is 6.63. The van der Waals surface area contributed by atoms with Crippen LogP contribution in [0, 0.1) is 5.92 Å². The van der Waals surface area contributed by atoms with Crippen molar-refractivity contribution in [3.63, 3.8) is 0 Å². The molecular formula is C22H28N2O. The van der Waals surface area contributed by atoms with Crippen LogP contribution in [0.1, 0.15) is 30.4 Å². The number of hydrogen-bond acceptors (Lipinski definition) is 2. The van der Waals surface area contributed by atoms with Crippen molar-refractivity contribution in [1.29, 1.82) is 0 Å². The summed E-state index contributed by atoms with van der Waals surface area (Å²) in [6, 6.07) is 20.8. The van der Waals surface area contributed by atoms with Crippen molar-refractivity contribution in [2.75, 3.05) is 19.6 Å². The Morgan fingerprint density at radius 1 is 0.920 bits per heavy atom. The van der Waals surface area contributed by atoms with Gasteiger partial charge in [0.1, 0.15) is 0 Å². The van der Waals surface area contributed by atoms with E-state index in [-0.39, 0.29) is 0 Å². The number of piperidine rings is 1. The van der Waals surface area contributed by atoms with E-state index >= 15 is 0 Å². The Morgan fingerprint density at radius 2 is 1.52 bits per heavy atom. The van der Waals surface area contributed by atoms with Gasteiger partial charge in [0.15, 0.2) is 0 Å². The van der Waals surface area contributed by atoms with Gasteiger partial charge < -0.3 is 10.2 Å². The summed E-state index contributed by atoms with van der Waals surface area (Å²) in [6.07, 6.45) is 3.82. The second-order valence-corrected chi connectivity index (χ2v) is 6.93. The first kappa shape index (κ1) is 17.7. The Hall–Kier alpha value is -2.13. The van der Waals surface area contributed by atoms with Crippen LogP contribution in [0.25, 0.3) is 0 Å². The quantitative estimate of drug-likeness (QED) is 0.837. The van der Waals surface area contributed by atoms with Crippen molar-refractivity contribution in [3.8, 4) is 0 Å². The van der Waals surface area contributed by atoms with Gasteiger partial charge in [0.25, 0.3) is 0 Å². The van der Waals surface area contributed by atoms with Crippen LogP contribution in [-0.4, -0.2) is 30.4 Å². The number of nitrogens with one attached hydrogen (secondary N) is 1. The van der Waals surface area contributed by atoms with E-state index in [1.165, 1.54) is 11.1 Å². The summed E-state index contributed by atoms with van der Waals surface area (Å²) in [5.41, 5.74) is 2.49. The molecule has 0 atom stereocenters. The van der Waals surface area contributed by atoms with Gasteiger partial charge >= 0.3 is 0 Å². The normalized spacial score (nSPS) is 15.0. The van der Waals surface area contributed by atoms with Gasteiger partial charge in [-0.3, -0.25) is 4.79 Å². The Labute approximate surface area is 151 Å². The van der Waals surface area contributed by atoms with Crippen LogP contribution in [0.4, 0.5) is 0 Å². The number of amides is 1. The molecule has 1 N–H and O–H groups in total. The highest BCUT2D eigenvalue weighted by molar-refractivity contribution is 5.76. The third kappa shape index (κ3) is 5.71. The SMILES string of the molecule is O=C(CC1CCNCC1)N(CCc1ccccc1)Cc1ccccc1. The first-order chi connectivity index (χ1) is 12.3. The highest BCUT2D eigenvalue weighted by Crippen LogP contribution is 2.18. The molecule has 3 heteroatoms.